The lowest BCUT2D eigenvalue weighted by atomic mass is 9.98. The second-order valence-corrected chi connectivity index (χ2v) is 7.74. The fourth-order valence-electron chi connectivity index (χ4n) is 3.00. The molecule has 6 nitrogen and oxygen atoms in total. The standard InChI is InChI=1S/C23H24N2O4S/c1-4-16-10-11-17(5-2)19(12-16)20(26)13-28-23(27)18-8-6-7-9-21(18)30-14-22-24-15(3)25-29-22/h6-12H,4-5,13-14H2,1-3H3. The van der Waals surface area contributed by atoms with E-state index in [9.17, 15) is 9.59 Å². The van der Waals surface area contributed by atoms with Crippen LogP contribution in [0.4, 0.5) is 0 Å². The molecule has 0 N–H and O–H groups in total. The highest BCUT2D eigenvalue weighted by Gasteiger charge is 2.18. The Hall–Kier alpha value is -2.93. The minimum absolute atomic E-state index is 0.193. The molecule has 0 aliphatic heterocycles. The summed E-state index contributed by atoms with van der Waals surface area (Å²) in [4.78, 5) is 30.3. The average molecular weight is 425 g/mol. The van der Waals surface area contributed by atoms with Gasteiger partial charge in [-0.15, -0.1) is 11.8 Å². The van der Waals surface area contributed by atoms with E-state index in [1.807, 2.05) is 44.2 Å². The summed E-state index contributed by atoms with van der Waals surface area (Å²) in [7, 11) is 0. The fraction of sp³-hybridized carbons (Fsp3) is 0.304. The van der Waals surface area contributed by atoms with Crippen molar-refractivity contribution in [3.63, 3.8) is 0 Å². The van der Waals surface area contributed by atoms with Crippen LogP contribution in [-0.2, 0) is 23.3 Å². The summed E-state index contributed by atoms with van der Waals surface area (Å²) in [5.41, 5.74) is 3.07. The molecule has 0 aliphatic carbocycles. The molecule has 0 aliphatic rings. The number of Topliss-reactive ketones (excluding diaryl/α,β-unsaturated/α-hetero) is 1. The van der Waals surface area contributed by atoms with Crippen molar-refractivity contribution in [3.8, 4) is 0 Å². The largest absolute Gasteiger partial charge is 0.454 e. The van der Waals surface area contributed by atoms with E-state index in [-0.39, 0.29) is 12.4 Å². The molecule has 7 heteroatoms. The van der Waals surface area contributed by atoms with Crippen molar-refractivity contribution in [1.82, 2.24) is 10.1 Å². The van der Waals surface area contributed by atoms with Crippen molar-refractivity contribution < 1.29 is 18.8 Å². The van der Waals surface area contributed by atoms with Gasteiger partial charge in [0.25, 0.3) is 0 Å². The second kappa shape index (κ2) is 10.2. The number of carbonyl (C=O) groups excluding carboxylic acids is 2. The zero-order chi connectivity index (χ0) is 21.5. The van der Waals surface area contributed by atoms with Crippen LogP contribution in [0.15, 0.2) is 51.9 Å². The molecule has 1 aromatic heterocycles. The first kappa shape index (κ1) is 21.8. The van der Waals surface area contributed by atoms with Gasteiger partial charge in [0.15, 0.2) is 12.4 Å². The van der Waals surface area contributed by atoms with E-state index >= 15 is 0 Å². The average Bonchev–Trinajstić information content (AvgIpc) is 3.20. The van der Waals surface area contributed by atoms with Gasteiger partial charge in [-0.1, -0.05) is 43.3 Å². The number of thioether (sulfide) groups is 1. The molecule has 0 atom stereocenters. The Morgan fingerprint density at radius 3 is 2.57 bits per heavy atom. The molecule has 0 fully saturated rings. The third-order valence-electron chi connectivity index (χ3n) is 4.63. The first-order valence-electron chi connectivity index (χ1n) is 9.85. The minimum Gasteiger partial charge on any atom is -0.454 e. The predicted molar refractivity (Wildman–Crippen MR) is 115 cm³/mol. The molecule has 0 saturated heterocycles. The summed E-state index contributed by atoms with van der Waals surface area (Å²) >= 11 is 1.40. The Bertz CT molecular complexity index is 1050. The zero-order valence-corrected chi connectivity index (χ0v) is 18.1. The second-order valence-electron chi connectivity index (χ2n) is 6.72. The van der Waals surface area contributed by atoms with E-state index in [1.165, 1.54) is 11.8 Å². The van der Waals surface area contributed by atoms with Crippen LogP contribution in [0.25, 0.3) is 0 Å². The molecule has 2 aromatic carbocycles. The highest BCUT2D eigenvalue weighted by molar-refractivity contribution is 7.98. The molecule has 1 heterocycles. The van der Waals surface area contributed by atoms with E-state index in [1.54, 1.807) is 19.1 Å². The van der Waals surface area contributed by atoms with Gasteiger partial charge in [0.1, 0.15) is 0 Å². The van der Waals surface area contributed by atoms with Crippen molar-refractivity contribution in [2.24, 2.45) is 0 Å². The number of ether oxygens (including phenoxy) is 1. The number of hydrogen-bond acceptors (Lipinski definition) is 7. The normalized spacial score (nSPS) is 10.8. The van der Waals surface area contributed by atoms with E-state index in [4.69, 9.17) is 9.26 Å². The highest BCUT2D eigenvalue weighted by atomic mass is 32.2. The predicted octanol–water partition coefficient (Wildman–Crippen LogP) is 4.83. The molecule has 0 bridgehead atoms. The van der Waals surface area contributed by atoms with Gasteiger partial charge in [0, 0.05) is 10.5 Å². The summed E-state index contributed by atoms with van der Waals surface area (Å²) in [6.07, 6.45) is 1.59. The first-order valence-corrected chi connectivity index (χ1v) is 10.8. The lowest BCUT2D eigenvalue weighted by Gasteiger charge is -2.11. The van der Waals surface area contributed by atoms with Crippen molar-refractivity contribution in [2.75, 3.05) is 6.61 Å². The van der Waals surface area contributed by atoms with Crippen molar-refractivity contribution in [3.05, 3.63) is 76.4 Å². The van der Waals surface area contributed by atoms with Crippen LogP contribution in [0.1, 0.15) is 57.4 Å². The number of ketones is 1. The van der Waals surface area contributed by atoms with Gasteiger partial charge in [-0.25, -0.2) is 4.79 Å². The van der Waals surface area contributed by atoms with Crippen LogP contribution >= 0.6 is 11.8 Å². The third-order valence-corrected chi connectivity index (χ3v) is 5.68. The maximum Gasteiger partial charge on any atom is 0.339 e. The molecule has 3 aromatic rings. The molecule has 156 valence electrons. The Morgan fingerprint density at radius 1 is 1.07 bits per heavy atom. The van der Waals surface area contributed by atoms with Crippen LogP contribution in [0, 0.1) is 6.92 Å². The van der Waals surface area contributed by atoms with E-state index in [0.29, 0.717) is 28.6 Å². The number of aromatic nitrogens is 2. The van der Waals surface area contributed by atoms with Crippen LogP contribution in [0.2, 0.25) is 0 Å². The number of hydrogen-bond donors (Lipinski definition) is 0. The lowest BCUT2D eigenvalue weighted by Crippen LogP contribution is -2.16. The summed E-state index contributed by atoms with van der Waals surface area (Å²) in [6.45, 7) is 5.50. The van der Waals surface area contributed by atoms with Gasteiger partial charge in [-0.3, -0.25) is 4.79 Å². The van der Waals surface area contributed by atoms with Gasteiger partial charge < -0.3 is 9.26 Å². The Balaban J connectivity index is 1.67. The van der Waals surface area contributed by atoms with Crippen LogP contribution < -0.4 is 0 Å². The van der Waals surface area contributed by atoms with Gasteiger partial charge in [-0.2, -0.15) is 4.98 Å². The molecular formula is C23H24N2O4S. The van der Waals surface area contributed by atoms with Crippen molar-refractivity contribution in [1.29, 1.82) is 0 Å². The number of benzene rings is 2. The van der Waals surface area contributed by atoms with E-state index in [2.05, 4.69) is 10.1 Å². The van der Waals surface area contributed by atoms with Gasteiger partial charge in [0.2, 0.25) is 11.7 Å². The fourth-order valence-corrected chi connectivity index (χ4v) is 3.88. The van der Waals surface area contributed by atoms with Crippen molar-refractivity contribution in [2.45, 2.75) is 44.3 Å². The monoisotopic (exact) mass is 424 g/mol. The van der Waals surface area contributed by atoms with Gasteiger partial charge in [0.05, 0.1) is 11.3 Å². The molecule has 3 rings (SSSR count). The van der Waals surface area contributed by atoms with Gasteiger partial charge in [-0.05, 0) is 49.1 Å². The number of rotatable bonds is 9. The van der Waals surface area contributed by atoms with Gasteiger partial charge >= 0.3 is 5.97 Å². The molecule has 30 heavy (non-hydrogen) atoms. The van der Waals surface area contributed by atoms with Crippen molar-refractivity contribution >= 4 is 23.5 Å². The molecule has 0 unspecified atom stereocenters. The van der Waals surface area contributed by atoms with Crippen LogP contribution in [-0.4, -0.2) is 28.5 Å². The smallest absolute Gasteiger partial charge is 0.339 e. The summed E-state index contributed by atoms with van der Waals surface area (Å²) in [5.74, 6) is 0.766. The summed E-state index contributed by atoms with van der Waals surface area (Å²) in [5, 5.41) is 3.76. The third kappa shape index (κ3) is 5.36. The Morgan fingerprint density at radius 2 is 1.87 bits per heavy atom. The molecule has 0 saturated carbocycles. The SMILES string of the molecule is CCc1ccc(CC)c(C(=O)COC(=O)c2ccccc2SCc2nc(C)no2)c1. The molecule has 0 spiro atoms. The molecule has 0 amide bonds. The number of esters is 1. The quantitative estimate of drug-likeness (QED) is 0.276. The van der Waals surface area contributed by atoms with E-state index < -0.39 is 5.97 Å². The molecule has 0 radical (unpaired) electrons. The van der Waals surface area contributed by atoms with Crippen LogP contribution in [0.5, 0.6) is 0 Å². The maximum atomic E-state index is 12.7. The van der Waals surface area contributed by atoms with E-state index in [0.717, 1.165) is 28.9 Å². The lowest BCUT2D eigenvalue weighted by molar-refractivity contribution is 0.0471. The first-order chi connectivity index (χ1) is 14.5. The van der Waals surface area contributed by atoms with Crippen LogP contribution in [0.3, 0.4) is 0 Å². The molecular weight excluding hydrogens is 400 g/mol. The summed E-state index contributed by atoms with van der Waals surface area (Å²) < 4.78 is 10.5. The number of aryl methyl sites for hydroxylation is 3. The zero-order valence-electron chi connectivity index (χ0n) is 17.3. The maximum absolute atomic E-state index is 12.7. The minimum atomic E-state index is -0.530. The topological polar surface area (TPSA) is 82.3 Å². The number of carbonyl (C=O) groups is 2. The highest BCUT2D eigenvalue weighted by Crippen LogP contribution is 2.26. The Labute approximate surface area is 180 Å². The number of nitrogens with zero attached hydrogens (tertiary/aromatic N) is 2. The Kier molecular flexibility index (Phi) is 7.41. The summed E-state index contributed by atoms with van der Waals surface area (Å²) in [6, 6.07) is 13.0.